The van der Waals surface area contributed by atoms with E-state index in [0.29, 0.717) is 23.8 Å². The van der Waals surface area contributed by atoms with Crippen LogP contribution < -0.4 is 16.1 Å². The van der Waals surface area contributed by atoms with Crippen LogP contribution in [0.5, 0.6) is 0 Å². The molecule has 0 aromatic carbocycles. The van der Waals surface area contributed by atoms with Crippen LogP contribution >= 0.6 is 0 Å². The van der Waals surface area contributed by atoms with Gasteiger partial charge in [0.05, 0.1) is 6.26 Å². The summed E-state index contributed by atoms with van der Waals surface area (Å²) < 4.78 is 4.95. The number of amides is 5. The van der Waals surface area contributed by atoms with Gasteiger partial charge in [-0.3, -0.25) is 19.8 Å². The standard InChI is InChI=1S/C17H22N4O5/c1-10-5-7-17(8-6-10)15(24)21(16(25)19-17)20-13(22)11(2)18-14(23)12-4-3-9-26-12/h3-4,9-11H,5-8H2,1-2H3,(H,18,23)(H,19,25)(H,20,22)/t10?,11-,17?/m1/s1. The van der Waals surface area contributed by atoms with Crippen LogP contribution in [0.2, 0.25) is 0 Å². The largest absolute Gasteiger partial charge is 0.459 e. The highest BCUT2D eigenvalue weighted by Gasteiger charge is 2.53. The van der Waals surface area contributed by atoms with Crippen molar-refractivity contribution in [2.75, 3.05) is 0 Å². The van der Waals surface area contributed by atoms with Crippen molar-refractivity contribution in [1.29, 1.82) is 0 Å². The van der Waals surface area contributed by atoms with Crippen LogP contribution in [-0.2, 0) is 9.59 Å². The predicted octanol–water partition coefficient (Wildman–Crippen LogP) is 0.930. The summed E-state index contributed by atoms with van der Waals surface area (Å²) >= 11 is 0. The van der Waals surface area contributed by atoms with E-state index in [2.05, 4.69) is 23.0 Å². The number of hydrazine groups is 1. The summed E-state index contributed by atoms with van der Waals surface area (Å²) in [5, 5.41) is 5.88. The zero-order valence-electron chi connectivity index (χ0n) is 14.7. The van der Waals surface area contributed by atoms with Crippen LogP contribution in [0.25, 0.3) is 0 Å². The fourth-order valence-corrected chi connectivity index (χ4v) is 3.26. The molecule has 0 radical (unpaired) electrons. The average molecular weight is 362 g/mol. The molecule has 2 heterocycles. The lowest BCUT2D eigenvalue weighted by Crippen LogP contribution is -2.55. The van der Waals surface area contributed by atoms with E-state index in [1.54, 1.807) is 6.07 Å². The second-order valence-electron chi connectivity index (χ2n) is 6.98. The van der Waals surface area contributed by atoms with Crippen LogP contribution in [0.4, 0.5) is 4.79 Å². The highest BCUT2D eigenvalue weighted by molar-refractivity contribution is 6.08. The van der Waals surface area contributed by atoms with Crippen LogP contribution in [0.15, 0.2) is 22.8 Å². The van der Waals surface area contributed by atoms with Gasteiger partial charge >= 0.3 is 6.03 Å². The molecule has 3 N–H and O–H groups in total. The van der Waals surface area contributed by atoms with Gasteiger partial charge in [0.15, 0.2) is 5.76 Å². The SMILES string of the molecule is CC1CCC2(CC1)NC(=O)N(NC(=O)[C@@H](C)NC(=O)c1ccco1)C2=O. The molecule has 1 saturated heterocycles. The lowest BCUT2D eigenvalue weighted by Gasteiger charge is -2.33. The molecule has 0 bridgehead atoms. The average Bonchev–Trinajstić information content (AvgIpc) is 3.21. The maximum Gasteiger partial charge on any atom is 0.344 e. The van der Waals surface area contributed by atoms with Crippen LogP contribution in [0.1, 0.15) is 50.1 Å². The van der Waals surface area contributed by atoms with Crippen LogP contribution in [0.3, 0.4) is 0 Å². The second-order valence-corrected chi connectivity index (χ2v) is 6.98. The monoisotopic (exact) mass is 362 g/mol. The van der Waals surface area contributed by atoms with Gasteiger partial charge < -0.3 is 15.1 Å². The minimum Gasteiger partial charge on any atom is -0.459 e. The van der Waals surface area contributed by atoms with Crippen molar-refractivity contribution in [2.24, 2.45) is 5.92 Å². The molecule has 1 aliphatic carbocycles. The zero-order valence-corrected chi connectivity index (χ0v) is 14.7. The molecule has 1 atom stereocenters. The van der Waals surface area contributed by atoms with E-state index in [1.807, 2.05) is 0 Å². The Bertz CT molecular complexity index is 722. The summed E-state index contributed by atoms with van der Waals surface area (Å²) in [5.74, 6) is -1.12. The third-order valence-corrected chi connectivity index (χ3v) is 5.00. The van der Waals surface area contributed by atoms with Gasteiger partial charge in [-0.25, -0.2) is 4.79 Å². The van der Waals surface area contributed by atoms with Gasteiger partial charge in [0, 0.05) is 0 Å². The molecule has 140 valence electrons. The Kier molecular flexibility index (Phi) is 4.71. The number of hydrogen-bond acceptors (Lipinski definition) is 5. The number of imide groups is 1. The molecular formula is C17H22N4O5. The van der Waals surface area contributed by atoms with E-state index < -0.39 is 35.3 Å². The molecule has 2 fully saturated rings. The molecule has 9 nitrogen and oxygen atoms in total. The number of hydrogen-bond donors (Lipinski definition) is 3. The number of furan rings is 1. The quantitative estimate of drug-likeness (QED) is 0.688. The van der Waals surface area contributed by atoms with E-state index >= 15 is 0 Å². The molecule has 5 amide bonds. The number of rotatable bonds is 4. The molecule has 9 heteroatoms. The van der Waals surface area contributed by atoms with Gasteiger partial charge in [-0.1, -0.05) is 6.92 Å². The topological polar surface area (TPSA) is 121 Å². The molecule has 1 saturated carbocycles. The molecule has 2 aliphatic rings. The molecular weight excluding hydrogens is 340 g/mol. The van der Waals surface area contributed by atoms with Crippen molar-refractivity contribution in [2.45, 2.75) is 51.1 Å². The van der Waals surface area contributed by atoms with Gasteiger partial charge in [-0.2, -0.15) is 5.01 Å². The molecule has 1 aromatic heterocycles. The van der Waals surface area contributed by atoms with Crippen molar-refractivity contribution in [3.8, 4) is 0 Å². The van der Waals surface area contributed by atoms with Crippen molar-refractivity contribution in [3.05, 3.63) is 24.2 Å². The summed E-state index contributed by atoms with van der Waals surface area (Å²) in [6, 6.07) is 1.40. The maximum absolute atomic E-state index is 12.7. The molecule has 1 spiro atoms. The highest BCUT2D eigenvalue weighted by atomic mass is 16.3. The zero-order chi connectivity index (χ0) is 18.9. The number of nitrogens with zero attached hydrogens (tertiary/aromatic N) is 1. The Balaban J connectivity index is 1.61. The van der Waals surface area contributed by atoms with Crippen molar-refractivity contribution in [3.63, 3.8) is 0 Å². The third-order valence-electron chi connectivity index (χ3n) is 5.00. The summed E-state index contributed by atoms with van der Waals surface area (Å²) in [6.45, 7) is 3.56. The Morgan fingerprint density at radius 3 is 2.65 bits per heavy atom. The molecule has 1 aromatic rings. The minimum absolute atomic E-state index is 0.0647. The number of carbonyl (C=O) groups is 4. The van der Waals surface area contributed by atoms with Gasteiger partial charge in [-0.05, 0) is 50.7 Å². The smallest absolute Gasteiger partial charge is 0.344 e. The predicted molar refractivity (Wildman–Crippen MR) is 89.5 cm³/mol. The van der Waals surface area contributed by atoms with Crippen molar-refractivity contribution < 1.29 is 23.6 Å². The molecule has 3 rings (SSSR count). The molecule has 26 heavy (non-hydrogen) atoms. The Morgan fingerprint density at radius 2 is 2.04 bits per heavy atom. The van der Waals surface area contributed by atoms with Gasteiger partial charge in [0.25, 0.3) is 17.7 Å². The lowest BCUT2D eigenvalue weighted by atomic mass is 9.77. The van der Waals surface area contributed by atoms with E-state index in [9.17, 15) is 19.2 Å². The normalized spacial score (nSPS) is 26.5. The first-order valence-electron chi connectivity index (χ1n) is 8.64. The first kappa shape index (κ1) is 18.0. The lowest BCUT2D eigenvalue weighted by molar-refractivity contribution is -0.140. The Labute approximate surface area is 150 Å². The number of nitrogens with one attached hydrogen (secondary N) is 3. The van der Waals surface area contributed by atoms with E-state index in [0.717, 1.165) is 12.8 Å². The fraction of sp³-hybridized carbons (Fsp3) is 0.529. The highest BCUT2D eigenvalue weighted by Crippen LogP contribution is 2.35. The second kappa shape index (κ2) is 6.81. The summed E-state index contributed by atoms with van der Waals surface area (Å²) in [6.07, 6.45) is 4.12. The van der Waals surface area contributed by atoms with Crippen LogP contribution in [-0.4, -0.2) is 40.3 Å². The van der Waals surface area contributed by atoms with E-state index in [1.165, 1.54) is 19.3 Å². The first-order valence-corrected chi connectivity index (χ1v) is 8.64. The minimum atomic E-state index is -0.962. The summed E-state index contributed by atoms with van der Waals surface area (Å²) in [7, 11) is 0. The van der Waals surface area contributed by atoms with Crippen LogP contribution in [0, 0.1) is 5.92 Å². The van der Waals surface area contributed by atoms with Crippen molar-refractivity contribution in [1.82, 2.24) is 21.1 Å². The Hall–Kier alpha value is -2.84. The Morgan fingerprint density at radius 1 is 1.35 bits per heavy atom. The molecule has 0 unspecified atom stereocenters. The van der Waals surface area contributed by atoms with Gasteiger partial charge in [0.2, 0.25) is 0 Å². The first-order chi connectivity index (χ1) is 12.3. The number of urea groups is 1. The fourth-order valence-electron chi connectivity index (χ4n) is 3.26. The van der Waals surface area contributed by atoms with Crippen molar-refractivity contribution >= 4 is 23.8 Å². The van der Waals surface area contributed by atoms with E-state index in [4.69, 9.17) is 4.42 Å². The number of carbonyl (C=O) groups excluding carboxylic acids is 4. The molecule has 1 aliphatic heterocycles. The van der Waals surface area contributed by atoms with E-state index in [-0.39, 0.29) is 5.76 Å². The maximum atomic E-state index is 12.7. The summed E-state index contributed by atoms with van der Waals surface area (Å²) in [4.78, 5) is 49.1. The van der Waals surface area contributed by atoms with Gasteiger partial charge in [0.1, 0.15) is 11.6 Å². The summed E-state index contributed by atoms with van der Waals surface area (Å²) in [5.41, 5.74) is 1.37. The third kappa shape index (κ3) is 3.29. The van der Waals surface area contributed by atoms with Gasteiger partial charge in [-0.15, -0.1) is 0 Å².